The van der Waals surface area contributed by atoms with Crippen molar-refractivity contribution >= 4 is 5.91 Å². The van der Waals surface area contributed by atoms with Gasteiger partial charge in [-0.2, -0.15) is 0 Å². The molecule has 0 unspecified atom stereocenters. The molecule has 1 amide bonds. The van der Waals surface area contributed by atoms with Gasteiger partial charge in [0.1, 0.15) is 6.04 Å². The Labute approximate surface area is 59.4 Å². The van der Waals surface area contributed by atoms with Gasteiger partial charge in [-0.1, -0.05) is 5.92 Å². The largest absolute Gasteiger partial charge is 0.392 e. The summed E-state index contributed by atoms with van der Waals surface area (Å²) in [6.07, 6.45) is 4.40. The lowest BCUT2D eigenvalue weighted by atomic mass is 9.87. The Bertz CT molecular complexity index is 192. The van der Waals surface area contributed by atoms with E-state index in [1.807, 2.05) is 0 Å². The van der Waals surface area contributed by atoms with E-state index in [-0.39, 0.29) is 11.9 Å². The Hall–Kier alpha value is -1.01. The molecule has 0 saturated carbocycles. The molecule has 0 aromatic heterocycles. The van der Waals surface area contributed by atoms with Crippen LogP contribution in [0.15, 0.2) is 0 Å². The Balaban J connectivity index is 2.58. The summed E-state index contributed by atoms with van der Waals surface area (Å²) in [6, 6.07) is -0.271. The number of β-lactam (4-membered cyclic amide) rings is 1. The van der Waals surface area contributed by atoms with Gasteiger partial charge in [0.05, 0.1) is 12.0 Å². The van der Waals surface area contributed by atoms with Crippen LogP contribution in [0, 0.1) is 18.3 Å². The van der Waals surface area contributed by atoms with E-state index in [0.717, 1.165) is 0 Å². The minimum absolute atomic E-state index is 0.155. The van der Waals surface area contributed by atoms with E-state index >= 15 is 0 Å². The van der Waals surface area contributed by atoms with Crippen molar-refractivity contribution in [2.75, 3.05) is 0 Å². The van der Waals surface area contributed by atoms with Crippen LogP contribution in [-0.4, -0.2) is 23.2 Å². The van der Waals surface area contributed by atoms with Crippen LogP contribution in [0.5, 0.6) is 0 Å². The molecule has 0 bridgehead atoms. The molecule has 0 aromatic rings. The van der Waals surface area contributed by atoms with E-state index in [0.29, 0.717) is 0 Å². The minimum Gasteiger partial charge on any atom is -0.392 e. The summed E-state index contributed by atoms with van der Waals surface area (Å²) >= 11 is 0. The number of hydrogen-bond acceptors (Lipinski definition) is 2. The van der Waals surface area contributed by atoms with Gasteiger partial charge in [-0.25, -0.2) is 0 Å². The number of aliphatic hydroxyl groups is 1. The van der Waals surface area contributed by atoms with Gasteiger partial charge in [0.15, 0.2) is 0 Å². The number of carbonyl (C=O) groups is 1. The maximum absolute atomic E-state index is 10.7. The first-order valence-electron chi connectivity index (χ1n) is 3.11. The van der Waals surface area contributed by atoms with E-state index < -0.39 is 12.0 Å². The van der Waals surface area contributed by atoms with Crippen LogP contribution in [0.1, 0.15) is 6.92 Å². The second kappa shape index (κ2) is 2.31. The second-order valence-electron chi connectivity index (χ2n) is 2.42. The average molecular weight is 139 g/mol. The number of aliphatic hydroxyl groups excluding tert-OH is 1. The average Bonchev–Trinajstić information content (AvgIpc) is 1.80. The van der Waals surface area contributed by atoms with Crippen molar-refractivity contribution in [3.63, 3.8) is 0 Å². The molecule has 3 atom stereocenters. The molecule has 0 aliphatic carbocycles. The Morgan fingerprint density at radius 3 is 2.70 bits per heavy atom. The van der Waals surface area contributed by atoms with Crippen LogP contribution >= 0.6 is 0 Å². The molecule has 2 N–H and O–H groups in total. The molecule has 1 heterocycles. The van der Waals surface area contributed by atoms with Crippen LogP contribution in [0.4, 0.5) is 0 Å². The fraction of sp³-hybridized carbons (Fsp3) is 0.571. The molecule has 1 aliphatic rings. The van der Waals surface area contributed by atoms with Gasteiger partial charge in [-0.15, -0.1) is 6.42 Å². The van der Waals surface area contributed by atoms with Crippen molar-refractivity contribution in [2.24, 2.45) is 5.92 Å². The van der Waals surface area contributed by atoms with Crippen molar-refractivity contribution < 1.29 is 9.90 Å². The van der Waals surface area contributed by atoms with E-state index in [1.165, 1.54) is 0 Å². The zero-order chi connectivity index (χ0) is 7.72. The highest BCUT2D eigenvalue weighted by molar-refractivity contribution is 5.87. The van der Waals surface area contributed by atoms with Crippen LogP contribution in [0.25, 0.3) is 0 Å². The number of nitrogens with one attached hydrogen (secondary N) is 1. The number of terminal acetylenes is 1. The lowest BCUT2D eigenvalue weighted by Crippen LogP contribution is -2.61. The van der Waals surface area contributed by atoms with Crippen molar-refractivity contribution in [3.8, 4) is 12.3 Å². The second-order valence-corrected chi connectivity index (χ2v) is 2.42. The Kier molecular flexibility index (Phi) is 1.64. The first kappa shape index (κ1) is 7.10. The molecule has 0 aromatic carbocycles. The van der Waals surface area contributed by atoms with Crippen molar-refractivity contribution in [2.45, 2.75) is 19.1 Å². The molecule has 10 heavy (non-hydrogen) atoms. The molecule has 1 saturated heterocycles. The van der Waals surface area contributed by atoms with Crippen LogP contribution in [0.2, 0.25) is 0 Å². The third-order valence-corrected chi connectivity index (χ3v) is 1.66. The van der Waals surface area contributed by atoms with Gasteiger partial charge in [0, 0.05) is 0 Å². The highest BCUT2D eigenvalue weighted by Gasteiger charge is 2.41. The predicted octanol–water partition coefficient (Wildman–Crippen LogP) is -0.885. The fourth-order valence-electron chi connectivity index (χ4n) is 1.04. The van der Waals surface area contributed by atoms with Crippen LogP contribution in [-0.2, 0) is 4.79 Å². The first-order chi connectivity index (χ1) is 4.66. The number of rotatable bonds is 1. The van der Waals surface area contributed by atoms with E-state index in [1.54, 1.807) is 6.92 Å². The van der Waals surface area contributed by atoms with Gasteiger partial charge >= 0.3 is 0 Å². The number of hydrogen-bond donors (Lipinski definition) is 2. The number of amides is 1. The smallest absolute Gasteiger partial charge is 0.229 e. The third-order valence-electron chi connectivity index (χ3n) is 1.66. The normalized spacial score (nSPS) is 33.5. The first-order valence-corrected chi connectivity index (χ1v) is 3.11. The van der Waals surface area contributed by atoms with Gasteiger partial charge in [-0.05, 0) is 6.92 Å². The summed E-state index contributed by atoms with van der Waals surface area (Å²) < 4.78 is 0. The van der Waals surface area contributed by atoms with Gasteiger partial charge < -0.3 is 10.4 Å². The molecule has 54 valence electrons. The van der Waals surface area contributed by atoms with Crippen molar-refractivity contribution in [1.82, 2.24) is 5.32 Å². The molecule has 1 rings (SSSR count). The summed E-state index contributed by atoms with van der Waals surface area (Å²) in [5.74, 6) is 1.82. The zero-order valence-electron chi connectivity index (χ0n) is 5.66. The quantitative estimate of drug-likeness (QED) is 0.366. The summed E-state index contributed by atoms with van der Waals surface area (Å²) in [7, 11) is 0. The highest BCUT2D eigenvalue weighted by atomic mass is 16.3. The van der Waals surface area contributed by atoms with Crippen molar-refractivity contribution in [3.05, 3.63) is 0 Å². The summed E-state index contributed by atoms with van der Waals surface area (Å²) in [5, 5.41) is 11.5. The summed E-state index contributed by atoms with van der Waals surface area (Å²) in [5.41, 5.74) is 0. The molecular weight excluding hydrogens is 130 g/mol. The lowest BCUT2D eigenvalue weighted by Gasteiger charge is -2.34. The molecule has 1 fully saturated rings. The maximum atomic E-state index is 10.7. The van der Waals surface area contributed by atoms with Gasteiger partial charge in [0.25, 0.3) is 0 Å². The van der Waals surface area contributed by atoms with E-state index in [2.05, 4.69) is 11.2 Å². The van der Waals surface area contributed by atoms with Gasteiger partial charge in [0.2, 0.25) is 5.91 Å². The molecule has 1 aliphatic heterocycles. The monoisotopic (exact) mass is 139 g/mol. The van der Waals surface area contributed by atoms with Gasteiger partial charge in [-0.3, -0.25) is 4.79 Å². The molecule has 0 spiro atoms. The Morgan fingerprint density at radius 1 is 1.90 bits per heavy atom. The van der Waals surface area contributed by atoms with Crippen molar-refractivity contribution in [1.29, 1.82) is 0 Å². The number of carbonyl (C=O) groups excluding carboxylic acids is 1. The van der Waals surface area contributed by atoms with Crippen LogP contribution < -0.4 is 5.32 Å². The topological polar surface area (TPSA) is 49.3 Å². The lowest BCUT2D eigenvalue weighted by molar-refractivity contribution is -0.138. The maximum Gasteiger partial charge on any atom is 0.229 e. The third kappa shape index (κ3) is 0.869. The molecular formula is C7H9NO2. The van der Waals surface area contributed by atoms with Crippen LogP contribution in [0.3, 0.4) is 0 Å². The summed E-state index contributed by atoms with van der Waals surface area (Å²) in [6.45, 7) is 1.56. The molecule has 3 heteroatoms. The minimum atomic E-state index is -0.644. The zero-order valence-corrected chi connectivity index (χ0v) is 5.66. The SMILES string of the molecule is C#C[C@@H]1NC(=O)[C@@H]1[C@@H](C)O. The summed E-state index contributed by atoms with van der Waals surface area (Å²) in [4.78, 5) is 10.7. The predicted molar refractivity (Wildman–Crippen MR) is 35.9 cm³/mol. The molecule has 0 radical (unpaired) electrons. The van der Waals surface area contributed by atoms with E-state index in [4.69, 9.17) is 11.5 Å². The van der Waals surface area contributed by atoms with E-state index in [9.17, 15) is 4.79 Å². The standard InChI is InChI=1S/C7H9NO2/c1-3-5-6(4(2)9)7(10)8-5/h1,4-6,9H,2H3,(H,8,10)/t4-,5+,6-/m1/s1. The molecule has 3 nitrogen and oxygen atoms in total. The Morgan fingerprint density at radius 2 is 2.50 bits per heavy atom. The fourth-order valence-corrected chi connectivity index (χ4v) is 1.04. The highest BCUT2D eigenvalue weighted by Crippen LogP contribution is 2.17.